The van der Waals surface area contributed by atoms with Crippen molar-refractivity contribution >= 4 is 23.0 Å². The number of anilines is 1. The number of nitriles is 1. The van der Waals surface area contributed by atoms with Crippen molar-refractivity contribution in [1.29, 1.82) is 5.26 Å². The lowest BCUT2D eigenvalue weighted by molar-refractivity contribution is -0.384. The molecule has 1 aliphatic rings. The number of non-ortho nitro benzene ring substituents is 1. The highest BCUT2D eigenvalue weighted by Gasteiger charge is 2.11. The number of hydrogen-bond acceptors (Lipinski definition) is 4. The number of rotatable bonds is 4. The van der Waals surface area contributed by atoms with Gasteiger partial charge in [0.2, 0.25) is 0 Å². The van der Waals surface area contributed by atoms with Crippen LogP contribution in [0.4, 0.5) is 11.4 Å². The maximum Gasteiger partial charge on any atom is 0.269 e. The average Bonchev–Trinajstić information content (AvgIpc) is 2.67. The van der Waals surface area contributed by atoms with Crippen LogP contribution in [0.15, 0.2) is 48.5 Å². The van der Waals surface area contributed by atoms with E-state index in [1.165, 1.54) is 37.1 Å². The van der Waals surface area contributed by atoms with E-state index in [0.717, 1.165) is 18.7 Å². The second-order valence-electron chi connectivity index (χ2n) is 6.11. The van der Waals surface area contributed by atoms with Crippen LogP contribution in [0.3, 0.4) is 0 Å². The molecule has 1 saturated heterocycles. The summed E-state index contributed by atoms with van der Waals surface area (Å²) in [6.45, 7) is 2.20. The van der Waals surface area contributed by atoms with Crippen molar-refractivity contribution in [3.8, 4) is 6.07 Å². The van der Waals surface area contributed by atoms with E-state index in [9.17, 15) is 15.4 Å². The zero-order chi connectivity index (χ0) is 17.6. The molecule has 1 fully saturated rings. The Morgan fingerprint density at radius 2 is 1.68 bits per heavy atom. The number of benzene rings is 2. The van der Waals surface area contributed by atoms with Crippen molar-refractivity contribution in [3.63, 3.8) is 0 Å². The van der Waals surface area contributed by atoms with Gasteiger partial charge in [0.25, 0.3) is 5.69 Å². The molecule has 0 bridgehead atoms. The fourth-order valence-electron chi connectivity index (χ4n) is 3.04. The summed E-state index contributed by atoms with van der Waals surface area (Å²) < 4.78 is 0. The average molecular weight is 333 g/mol. The second kappa shape index (κ2) is 7.63. The standard InChI is InChI=1S/C20H19N3O2/c21-15-18(17-6-10-20(11-7-17)23(24)25)14-16-4-8-19(9-5-16)22-12-2-1-3-13-22/h4-11,14H,1-3,12-13H2/b18-14+. The minimum Gasteiger partial charge on any atom is -0.372 e. The Morgan fingerprint density at radius 1 is 1.04 bits per heavy atom. The van der Waals surface area contributed by atoms with Gasteiger partial charge in [0.05, 0.1) is 16.6 Å². The van der Waals surface area contributed by atoms with Crippen LogP contribution in [0.1, 0.15) is 30.4 Å². The molecule has 126 valence electrons. The molecule has 25 heavy (non-hydrogen) atoms. The lowest BCUT2D eigenvalue weighted by atomic mass is 10.0. The quantitative estimate of drug-likeness (QED) is 0.353. The summed E-state index contributed by atoms with van der Waals surface area (Å²) in [5, 5.41) is 20.1. The van der Waals surface area contributed by atoms with Crippen LogP contribution >= 0.6 is 0 Å². The Balaban J connectivity index is 1.79. The first-order valence-electron chi connectivity index (χ1n) is 8.39. The Labute approximate surface area is 147 Å². The smallest absolute Gasteiger partial charge is 0.269 e. The SMILES string of the molecule is N#C/C(=C\c1ccc(N2CCCCC2)cc1)c1ccc([N+](=O)[O-])cc1. The maximum atomic E-state index is 10.7. The minimum atomic E-state index is -0.446. The fraction of sp³-hybridized carbons (Fsp3) is 0.250. The number of allylic oxidation sites excluding steroid dienone is 1. The summed E-state index contributed by atoms with van der Waals surface area (Å²) >= 11 is 0. The van der Waals surface area contributed by atoms with E-state index in [1.807, 2.05) is 12.1 Å². The van der Waals surface area contributed by atoms with Gasteiger partial charge in [-0.25, -0.2) is 0 Å². The molecule has 0 aliphatic carbocycles. The number of hydrogen-bond donors (Lipinski definition) is 0. The molecule has 2 aromatic rings. The van der Waals surface area contributed by atoms with Gasteiger partial charge in [-0.3, -0.25) is 10.1 Å². The molecule has 5 nitrogen and oxygen atoms in total. The first-order chi connectivity index (χ1) is 12.2. The predicted octanol–water partition coefficient (Wildman–Crippen LogP) is 4.65. The fourth-order valence-corrected chi connectivity index (χ4v) is 3.04. The van der Waals surface area contributed by atoms with Gasteiger partial charge in [0, 0.05) is 30.9 Å². The highest BCUT2D eigenvalue weighted by molar-refractivity contribution is 5.89. The van der Waals surface area contributed by atoms with Crippen molar-refractivity contribution in [2.24, 2.45) is 0 Å². The van der Waals surface area contributed by atoms with Gasteiger partial charge in [-0.2, -0.15) is 5.26 Å². The van der Waals surface area contributed by atoms with Gasteiger partial charge >= 0.3 is 0 Å². The molecular weight excluding hydrogens is 314 g/mol. The first-order valence-corrected chi connectivity index (χ1v) is 8.39. The monoisotopic (exact) mass is 333 g/mol. The third-order valence-electron chi connectivity index (χ3n) is 4.43. The van der Waals surface area contributed by atoms with E-state index in [4.69, 9.17) is 0 Å². The van der Waals surface area contributed by atoms with E-state index in [-0.39, 0.29) is 5.69 Å². The van der Waals surface area contributed by atoms with Crippen molar-refractivity contribution < 1.29 is 4.92 Å². The number of nitro benzene ring substituents is 1. The topological polar surface area (TPSA) is 70.2 Å². The Bertz CT molecular complexity index is 812. The maximum absolute atomic E-state index is 10.7. The number of piperidine rings is 1. The van der Waals surface area contributed by atoms with Crippen LogP contribution < -0.4 is 4.90 Å². The molecule has 0 radical (unpaired) electrons. The lowest BCUT2D eigenvalue weighted by Crippen LogP contribution is -2.29. The third kappa shape index (κ3) is 4.04. The van der Waals surface area contributed by atoms with Crippen LogP contribution in [0.2, 0.25) is 0 Å². The Morgan fingerprint density at radius 3 is 2.24 bits per heavy atom. The Kier molecular flexibility index (Phi) is 5.10. The molecule has 0 atom stereocenters. The predicted molar refractivity (Wildman–Crippen MR) is 99.1 cm³/mol. The molecule has 0 spiro atoms. The van der Waals surface area contributed by atoms with Gasteiger partial charge in [0.15, 0.2) is 0 Å². The number of nitro groups is 1. The van der Waals surface area contributed by atoms with E-state index < -0.39 is 4.92 Å². The molecule has 1 heterocycles. The highest BCUT2D eigenvalue weighted by Crippen LogP contribution is 2.24. The summed E-state index contributed by atoms with van der Waals surface area (Å²) in [5.74, 6) is 0. The zero-order valence-electron chi connectivity index (χ0n) is 13.9. The van der Waals surface area contributed by atoms with Gasteiger partial charge in [-0.1, -0.05) is 12.1 Å². The normalized spacial score (nSPS) is 14.8. The zero-order valence-corrected chi connectivity index (χ0v) is 13.9. The molecular formula is C20H19N3O2. The van der Waals surface area contributed by atoms with Gasteiger partial charge < -0.3 is 4.90 Å². The highest BCUT2D eigenvalue weighted by atomic mass is 16.6. The summed E-state index contributed by atoms with van der Waals surface area (Å²) in [7, 11) is 0. The van der Waals surface area contributed by atoms with E-state index in [0.29, 0.717) is 11.1 Å². The van der Waals surface area contributed by atoms with Crippen LogP contribution in [0.25, 0.3) is 11.6 Å². The van der Waals surface area contributed by atoms with E-state index in [2.05, 4.69) is 23.1 Å². The van der Waals surface area contributed by atoms with Crippen molar-refractivity contribution in [2.45, 2.75) is 19.3 Å². The third-order valence-corrected chi connectivity index (χ3v) is 4.43. The molecule has 3 rings (SSSR count). The van der Waals surface area contributed by atoms with Crippen molar-refractivity contribution in [1.82, 2.24) is 0 Å². The van der Waals surface area contributed by atoms with E-state index in [1.54, 1.807) is 18.2 Å². The molecule has 0 amide bonds. The van der Waals surface area contributed by atoms with Crippen LogP contribution in [-0.4, -0.2) is 18.0 Å². The molecule has 2 aromatic carbocycles. The summed E-state index contributed by atoms with van der Waals surface area (Å²) in [5.41, 5.74) is 3.34. The van der Waals surface area contributed by atoms with Gasteiger partial charge in [-0.05, 0) is 60.7 Å². The van der Waals surface area contributed by atoms with Gasteiger partial charge in [0.1, 0.15) is 0 Å². The molecule has 0 saturated carbocycles. The molecule has 0 N–H and O–H groups in total. The van der Waals surface area contributed by atoms with Crippen molar-refractivity contribution in [2.75, 3.05) is 18.0 Å². The second-order valence-corrected chi connectivity index (χ2v) is 6.11. The van der Waals surface area contributed by atoms with Gasteiger partial charge in [-0.15, -0.1) is 0 Å². The molecule has 0 aromatic heterocycles. The molecule has 0 unspecified atom stereocenters. The van der Waals surface area contributed by atoms with Crippen molar-refractivity contribution in [3.05, 3.63) is 69.8 Å². The summed E-state index contributed by atoms with van der Waals surface area (Å²) in [6, 6.07) is 16.4. The van der Waals surface area contributed by atoms with Crippen LogP contribution in [0, 0.1) is 21.4 Å². The number of nitrogens with zero attached hydrogens (tertiary/aromatic N) is 3. The molecule has 5 heteroatoms. The summed E-state index contributed by atoms with van der Waals surface area (Å²) in [6.07, 6.45) is 5.58. The lowest BCUT2D eigenvalue weighted by Gasteiger charge is -2.28. The largest absolute Gasteiger partial charge is 0.372 e. The minimum absolute atomic E-state index is 0.0203. The van der Waals surface area contributed by atoms with Crippen LogP contribution in [0.5, 0.6) is 0 Å². The van der Waals surface area contributed by atoms with Crippen LogP contribution in [-0.2, 0) is 0 Å². The summed E-state index contributed by atoms with van der Waals surface area (Å²) in [4.78, 5) is 12.7. The van der Waals surface area contributed by atoms with E-state index >= 15 is 0 Å². The molecule has 1 aliphatic heterocycles. The first kappa shape index (κ1) is 16.7. The Hall–Kier alpha value is -3.13.